The number of nitro benzene ring substituents is 1. The third-order valence-electron chi connectivity index (χ3n) is 4.55. The Hall–Kier alpha value is -2.42. The smallest absolute Gasteiger partial charge is 0.277 e. The van der Waals surface area contributed by atoms with Gasteiger partial charge in [0.25, 0.3) is 10.9 Å². The Kier molecular flexibility index (Phi) is 5.87. The second-order valence-electron chi connectivity index (χ2n) is 6.27. The molecule has 1 aromatic heterocycles. The zero-order valence-electron chi connectivity index (χ0n) is 14.5. The summed E-state index contributed by atoms with van der Waals surface area (Å²) in [6.07, 6.45) is 5.71. The average Bonchev–Trinajstić information content (AvgIpc) is 3.15. The second kappa shape index (κ2) is 8.31. The Morgan fingerprint density at radius 3 is 2.85 bits per heavy atom. The Labute approximate surface area is 155 Å². The van der Waals surface area contributed by atoms with Crippen LogP contribution in [-0.2, 0) is 4.79 Å². The van der Waals surface area contributed by atoms with Crippen LogP contribution in [0.15, 0.2) is 33.9 Å². The number of non-ortho nitro benzene ring substituents is 1. The van der Waals surface area contributed by atoms with Gasteiger partial charge >= 0.3 is 0 Å². The lowest BCUT2D eigenvalue weighted by molar-refractivity contribution is -0.384. The van der Waals surface area contributed by atoms with Gasteiger partial charge in [0.15, 0.2) is 0 Å². The van der Waals surface area contributed by atoms with Gasteiger partial charge in [-0.2, -0.15) is 0 Å². The highest BCUT2D eigenvalue weighted by molar-refractivity contribution is 7.99. The summed E-state index contributed by atoms with van der Waals surface area (Å²) in [5.41, 5.74) is 0.434. The average molecular weight is 376 g/mol. The number of carbonyl (C=O) groups is 1. The van der Waals surface area contributed by atoms with Crippen LogP contribution in [0, 0.1) is 10.1 Å². The van der Waals surface area contributed by atoms with Gasteiger partial charge in [-0.3, -0.25) is 14.9 Å². The first-order chi connectivity index (χ1) is 12.5. The molecule has 0 aliphatic heterocycles. The third-order valence-corrected chi connectivity index (χ3v) is 5.35. The molecule has 1 aliphatic carbocycles. The lowest BCUT2D eigenvalue weighted by atomic mass is 9.94. The van der Waals surface area contributed by atoms with E-state index in [0.717, 1.165) is 12.8 Å². The van der Waals surface area contributed by atoms with Gasteiger partial charge in [-0.25, -0.2) is 0 Å². The van der Waals surface area contributed by atoms with E-state index in [1.165, 1.54) is 43.2 Å². The maximum Gasteiger partial charge on any atom is 0.277 e. The van der Waals surface area contributed by atoms with E-state index in [2.05, 4.69) is 10.2 Å². The molecule has 2 aromatic rings. The van der Waals surface area contributed by atoms with Crippen LogP contribution in [0.3, 0.4) is 0 Å². The monoisotopic (exact) mass is 376 g/mol. The summed E-state index contributed by atoms with van der Waals surface area (Å²) in [5, 5.41) is 19.0. The molecule has 0 unspecified atom stereocenters. The van der Waals surface area contributed by atoms with Gasteiger partial charge in [0, 0.05) is 30.8 Å². The van der Waals surface area contributed by atoms with Crippen molar-refractivity contribution in [3.05, 3.63) is 34.4 Å². The maximum absolute atomic E-state index is 12.4. The number of thioether (sulfide) groups is 1. The number of benzene rings is 1. The minimum absolute atomic E-state index is 0.0389. The third kappa shape index (κ3) is 4.40. The SMILES string of the molecule is CN(C(=O)CSc1nnc(-c2cccc([N+](=O)[O-])c2)o1)C1CCCCC1. The first-order valence-electron chi connectivity index (χ1n) is 8.51. The normalized spacial score (nSPS) is 15.0. The zero-order chi connectivity index (χ0) is 18.5. The minimum Gasteiger partial charge on any atom is -0.411 e. The predicted octanol–water partition coefficient (Wildman–Crippen LogP) is 3.53. The molecule has 138 valence electrons. The Balaban J connectivity index is 1.59. The summed E-state index contributed by atoms with van der Waals surface area (Å²) >= 11 is 1.18. The quantitative estimate of drug-likeness (QED) is 0.432. The van der Waals surface area contributed by atoms with Crippen LogP contribution < -0.4 is 0 Å². The van der Waals surface area contributed by atoms with Crippen LogP contribution in [-0.4, -0.2) is 44.8 Å². The molecule has 0 atom stereocenters. The number of amides is 1. The Morgan fingerprint density at radius 2 is 2.12 bits per heavy atom. The van der Waals surface area contributed by atoms with Crippen LogP contribution in [0.2, 0.25) is 0 Å². The van der Waals surface area contributed by atoms with Gasteiger partial charge < -0.3 is 9.32 Å². The van der Waals surface area contributed by atoms with Gasteiger partial charge in [0.2, 0.25) is 11.8 Å². The van der Waals surface area contributed by atoms with Crippen molar-refractivity contribution in [1.29, 1.82) is 0 Å². The van der Waals surface area contributed by atoms with E-state index in [1.54, 1.807) is 12.1 Å². The van der Waals surface area contributed by atoms with Crippen LogP contribution in [0.1, 0.15) is 32.1 Å². The first-order valence-corrected chi connectivity index (χ1v) is 9.50. The number of rotatable bonds is 6. The van der Waals surface area contributed by atoms with Gasteiger partial charge in [-0.1, -0.05) is 37.1 Å². The molecule has 1 amide bonds. The van der Waals surface area contributed by atoms with Crippen molar-refractivity contribution >= 4 is 23.4 Å². The predicted molar refractivity (Wildman–Crippen MR) is 96.8 cm³/mol. The summed E-state index contributed by atoms with van der Waals surface area (Å²) in [5.74, 6) is 0.463. The van der Waals surface area contributed by atoms with Gasteiger partial charge in [-0.05, 0) is 18.9 Å². The lowest BCUT2D eigenvalue weighted by Crippen LogP contribution is -2.39. The molecule has 1 saturated carbocycles. The summed E-state index contributed by atoms with van der Waals surface area (Å²) in [6.45, 7) is 0. The molecular formula is C17H20N4O4S. The summed E-state index contributed by atoms with van der Waals surface area (Å²) < 4.78 is 5.53. The number of hydrogen-bond acceptors (Lipinski definition) is 7. The van der Waals surface area contributed by atoms with Crippen molar-refractivity contribution in [3.63, 3.8) is 0 Å². The first kappa shape index (κ1) is 18.4. The lowest BCUT2D eigenvalue weighted by Gasteiger charge is -2.31. The number of nitro groups is 1. The minimum atomic E-state index is -0.477. The largest absolute Gasteiger partial charge is 0.411 e. The van der Waals surface area contributed by atoms with E-state index in [9.17, 15) is 14.9 Å². The molecule has 1 aliphatic rings. The van der Waals surface area contributed by atoms with Crippen LogP contribution >= 0.6 is 11.8 Å². The molecule has 1 fully saturated rings. The fourth-order valence-electron chi connectivity index (χ4n) is 3.03. The van der Waals surface area contributed by atoms with Gasteiger partial charge in [0.1, 0.15) is 0 Å². The Morgan fingerprint density at radius 1 is 1.35 bits per heavy atom. The van der Waals surface area contributed by atoms with Crippen molar-refractivity contribution in [1.82, 2.24) is 15.1 Å². The van der Waals surface area contributed by atoms with Crippen molar-refractivity contribution in [2.24, 2.45) is 0 Å². The fourth-order valence-corrected chi connectivity index (χ4v) is 3.72. The van der Waals surface area contributed by atoms with Gasteiger partial charge in [0.05, 0.1) is 10.7 Å². The molecule has 1 heterocycles. The van der Waals surface area contributed by atoms with Crippen LogP contribution in [0.25, 0.3) is 11.5 Å². The second-order valence-corrected chi connectivity index (χ2v) is 7.19. The molecule has 8 nitrogen and oxygen atoms in total. The molecule has 9 heteroatoms. The molecule has 26 heavy (non-hydrogen) atoms. The van der Waals surface area contributed by atoms with E-state index in [1.807, 2.05) is 11.9 Å². The van der Waals surface area contributed by atoms with E-state index in [0.29, 0.717) is 11.6 Å². The van der Waals surface area contributed by atoms with E-state index >= 15 is 0 Å². The molecule has 1 aromatic carbocycles. The summed E-state index contributed by atoms with van der Waals surface area (Å²) in [6, 6.07) is 6.32. The maximum atomic E-state index is 12.4. The van der Waals surface area contributed by atoms with Crippen LogP contribution in [0.5, 0.6) is 0 Å². The highest BCUT2D eigenvalue weighted by Gasteiger charge is 2.22. The molecule has 3 rings (SSSR count). The highest BCUT2D eigenvalue weighted by atomic mass is 32.2. The molecule has 0 bridgehead atoms. The molecule has 0 spiro atoms. The standard InChI is InChI=1S/C17H20N4O4S/c1-20(13-7-3-2-4-8-13)15(22)11-26-17-19-18-16(25-17)12-6-5-9-14(10-12)21(23)24/h5-6,9-10,13H,2-4,7-8,11H2,1H3. The van der Waals surface area contributed by atoms with E-state index < -0.39 is 4.92 Å². The number of carbonyl (C=O) groups excluding carboxylic acids is 1. The van der Waals surface area contributed by atoms with Gasteiger partial charge in [-0.15, -0.1) is 10.2 Å². The molecule has 0 N–H and O–H groups in total. The number of hydrogen-bond donors (Lipinski definition) is 0. The fraction of sp³-hybridized carbons (Fsp3) is 0.471. The number of aromatic nitrogens is 2. The Bertz CT molecular complexity index is 789. The molecular weight excluding hydrogens is 356 g/mol. The highest BCUT2D eigenvalue weighted by Crippen LogP contribution is 2.27. The molecule has 0 radical (unpaired) electrons. The number of nitrogens with zero attached hydrogens (tertiary/aromatic N) is 4. The van der Waals surface area contributed by atoms with E-state index in [-0.39, 0.29) is 28.5 Å². The van der Waals surface area contributed by atoms with Crippen LogP contribution in [0.4, 0.5) is 5.69 Å². The molecule has 0 saturated heterocycles. The van der Waals surface area contributed by atoms with Crippen molar-refractivity contribution in [3.8, 4) is 11.5 Å². The van der Waals surface area contributed by atoms with Crippen molar-refractivity contribution < 1.29 is 14.1 Å². The van der Waals surface area contributed by atoms with Crippen molar-refractivity contribution in [2.75, 3.05) is 12.8 Å². The topological polar surface area (TPSA) is 102 Å². The van der Waals surface area contributed by atoms with E-state index in [4.69, 9.17) is 4.42 Å². The zero-order valence-corrected chi connectivity index (χ0v) is 15.3. The summed E-state index contributed by atoms with van der Waals surface area (Å²) in [4.78, 5) is 24.6. The summed E-state index contributed by atoms with van der Waals surface area (Å²) in [7, 11) is 1.85. The van der Waals surface area contributed by atoms with Crippen molar-refractivity contribution in [2.45, 2.75) is 43.4 Å².